The van der Waals surface area contributed by atoms with Crippen LogP contribution in [0.25, 0.3) is 6.08 Å². The number of esters is 2. The first kappa shape index (κ1) is 26.7. The molecule has 0 amide bonds. The van der Waals surface area contributed by atoms with Gasteiger partial charge in [-0.3, -0.25) is 14.2 Å². The van der Waals surface area contributed by atoms with E-state index in [-0.39, 0.29) is 29.2 Å². The summed E-state index contributed by atoms with van der Waals surface area (Å²) in [5.41, 5.74) is 1.53. The minimum Gasteiger partial charge on any atom is -0.493 e. The van der Waals surface area contributed by atoms with Crippen LogP contribution >= 0.6 is 34.5 Å². The molecule has 0 saturated heterocycles. The van der Waals surface area contributed by atoms with Crippen LogP contribution in [0.4, 0.5) is 0 Å². The summed E-state index contributed by atoms with van der Waals surface area (Å²) < 4.78 is 17.8. The first-order valence-electron chi connectivity index (χ1n) is 11.2. The predicted octanol–water partition coefficient (Wildman–Crippen LogP) is 4.04. The number of thiazole rings is 1. The van der Waals surface area contributed by atoms with Crippen molar-refractivity contribution in [2.24, 2.45) is 4.99 Å². The quantitative estimate of drug-likeness (QED) is 0.333. The molecule has 8 nitrogen and oxygen atoms in total. The Labute approximate surface area is 226 Å². The molecule has 1 aliphatic heterocycles. The van der Waals surface area contributed by atoms with E-state index in [0.717, 1.165) is 0 Å². The smallest absolute Gasteiger partial charge is 0.338 e. The second-order valence-electron chi connectivity index (χ2n) is 7.98. The van der Waals surface area contributed by atoms with E-state index in [1.54, 1.807) is 56.3 Å². The summed E-state index contributed by atoms with van der Waals surface area (Å²) in [6, 6.07) is 9.04. The molecule has 2 heterocycles. The summed E-state index contributed by atoms with van der Waals surface area (Å²) >= 11 is 13.4. The van der Waals surface area contributed by atoms with Gasteiger partial charge in [0.15, 0.2) is 16.3 Å². The third-order valence-electron chi connectivity index (χ3n) is 5.52. The van der Waals surface area contributed by atoms with Crippen molar-refractivity contribution in [1.82, 2.24) is 4.57 Å². The molecule has 0 radical (unpaired) electrons. The second-order valence-corrected chi connectivity index (χ2v) is 9.80. The average Bonchev–Trinajstić information content (AvgIpc) is 3.15. The van der Waals surface area contributed by atoms with E-state index in [1.807, 2.05) is 0 Å². The lowest BCUT2D eigenvalue weighted by atomic mass is 9.95. The number of fused-ring (bicyclic) bond motifs is 1. The summed E-state index contributed by atoms with van der Waals surface area (Å²) in [5, 5.41) is 0.766. The molecule has 0 bridgehead atoms. The summed E-state index contributed by atoms with van der Waals surface area (Å²) in [7, 11) is 1.43. The Bertz CT molecular complexity index is 1620. The first-order chi connectivity index (χ1) is 17.6. The zero-order valence-corrected chi connectivity index (χ0v) is 22.7. The first-order valence-corrected chi connectivity index (χ1v) is 12.7. The van der Waals surface area contributed by atoms with E-state index < -0.39 is 18.0 Å². The van der Waals surface area contributed by atoms with Gasteiger partial charge in [-0.1, -0.05) is 46.7 Å². The molecule has 0 fully saturated rings. The number of hydrogen-bond donors (Lipinski definition) is 0. The second kappa shape index (κ2) is 10.9. The molecule has 0 saturated carbocycles. The molecule has 3 aromatic rings. The molecular formula is C26H22Cl2N2O6S. The standard InChI is InChI=1S/C26H22Cl2N2O6S/c1-5-35-25(33)22-13(2)29-26-30(23(22)16-7-9-19(36-14(3)31)20(12-16)34-4)24(32)21(37-26)11-15-6-8-17(27)18(28)10-15/h6-12,23H,5H2,1-4H3/b21-11+/t23-/m0/s1. The monoisotopic (exact) mass is 560 g/mol. The molecular weight excluding hydrogens is 539 g/mol. The number of halogens is 2. The van der Waals surface area contributed by atoms with Gasteiger partial charge in [-0.2, -0.15) is 0 Å². The third kappa shape index (κ3) is 5.34. The van der Waals surface area contributed by atoms with Gasteiger partial charge in [0.2, 0.25) is 0 Å². The molecule has 11 heteroatoms. The fourth-order valence-corrected chi connectivity index (χ4v) is 5.31. The highest BCUT2D eigenvalue weighted by molar-refractivity contribution is 7.07. The van der Waals surface area contributed by atoms with Gasteiger partial charge < -0.3 is 14.2 Å². The fraction of sp³-hybridized carbons (Fsp3) is 0.231. The van der Waals surface area contributed by atoms with Crippen LogP contribution in [0.2, 0.25) is 10.0 Å². The van der Waals surface area contributed by atoms with Crippen LogP contribution in [0.15, 0.2) is 57.5 Å². The van der Waals surface area contributed by atoms with Gasteiger partial charge in [-0.15, -0.1) is 0 Å². The molecule has 2 aromatic carbocycles. The van der Waals surface area contributed by atoms with Gasteiger partial charge >= 0.3 is 11.9 Å². The topological polar surface area (TPSA) is 96.2 Å². The van der Waals surface area contributed by atoms with Crippen molar-refractivity contribution in [3.63, 3.8) is 0 Å². The van der Waals surface area contributed by atoms with Crippen molar-refractivity contribution in [2.45, 2.75) is 26.8 Å². The Morgan fingerprint density at radius 3 is 2.54 bits per heavy atom. The van der Waals surface area contributed by atoms with Gasteiger partial charge in [-0.25, -0.2) is 9.79 Å². The van der Waals surface area contributed by atoms with E-state index in [9.17, 15) is 14.4 Å². The minimum absolute atomic E-state index is 0.152. The number of ether oxygens (including phenoxy) is 3. The highest BCUT2D eigenvalue weighted by Crippen LogP contribution is 2.36. The van der Waals surface area contributed by atoms with Crippen molar-refractivity contribution in [3.8, 4) is 11.5 Å². The average molecular weight is 561 g/mol. The molecule has 1 atom stereocenters. The maximum atomic E-state index is 13.7. The Morgan fingerprint density at radius 2 is 1.89 bits per heavy atom. The number of methoxy groups -OCH3 is 1. The number of carbonyl (C=O) groups is 2. The van der Waals surface area contributed by atoms with Crippen molar-refractivity contribution in [3.05, 3.63) is 88.5 Å². The molecule has 0 spiro atoms. The highest BCUT2D eigenvalue weighted by Gasteiger charge is 2.34. The van der Waals surface area contributed by atoms with Crippen molar-refractivity contribution in [2.75, 3.05) is 13.7 Å². The largest absolute Gasteiger partial charge is 0.493 e. The Morgan fingerprint density at radius 1 is 1.14 bits per heavy atom. The van der Waals surface area contributed by atoms with E-state index >= 15 is 0 Å². The van der Waals surface area contributed by atoms with E-state index in [1.165, 1.54) is 29.9 Å². The lowest BCUT2D eigenvalue weighted by molar-refractivity contribution is -0.139. The molecule has 37 heavy (non-hydrogen) atoms. The number of carbonyl (C=O) groups excluding carboxylic acids is 2. The van der Waals surface area contributed by atoms with Crippen LogP contribution in [0, 0.1) is 0 Å². The van der Waals surface area contributed by atoms with Gasteiger partial charge in [0, 0.05) is 6.92 Å². The highest BCUT2D eigenvalue weighted by atomic mass is 35.5. The van der Waals surface area contributed by atoms with Crippen molar-refractivity contribution >= 4 is 52.6 Å². The van der Waals surface area contributed by atoms with Gasteiger partial charge in [-0.05, 0) is 55.3 Å². The summed E-state index contributed by atoms with van der Waals surface area (Å²) in [6.07, 6.45) is 1.69. The minimum atomic E-state index is -0.855. The number of rotatable bonds is 6. The fourth-order valence-electron chi connectivity index (χ4n) is 3.95. The third-order valence-corrected chi connectivity index (χ3v) is 7.24. The number of hydrogen-bond acceptors (Lipinski definition) is 8. The van der Waals surface area contributed by atoms with Gasteiger partial charge in [0.25, 0.3) is 5.56 Å². The zero-order valence-electron chi connectivity index (χ0n) is 20.3. The lowest BCUT2D eigenvalue weighted by Gasteiger charge is -2.25. The maximum Gasteiger partial charge on any atom is 0.338 e. The van der Waals surface area contributed by atoms with Crippen molar-refractivity contribution in [1.29, 1.82) is 0 Å². The van der Waals surface area contributed by atoms with E-state index in [2.05, 4.69) is 4.99 Å². The number of aromatic nitrogens is 1. The Hall–Kier alpha value is -3.40. The molecule has 0 unspecified atom stereocenters. The number of nitrogens with zero attached hydrogens (tertiary/aromatic N) is 2. The van der Waals surface area contributed by atoms with Crippen LogP contribution in [0.1, 0.15) is 37.9 Å². The predicted molar refractivity (Wildman–Crippen MR) is 141 cm³/mol. The van der Waals surface area contributed by atoms with Gasteiger partial charge in [0.1, 0.15) is 0 Å². The molecule has 1 aliphatic rings. The van der Waals surface area contributed by atoms with E-state index in [4.69, 9.17) is 37.4 Å². The van der Waals surface area contributed by atoms with Crippen LogP contribution < -0.4 is 24.4 Å². The van der Waals surface area contributed by atoms with Crippen LogP contribution in [0.5, 0.6) is 11.5 Å². The molecule has 1 aromatic heterocycles. The molecule has 192 valence electrons. The lowest BCUT2D eigenvalue weighted by Crippen LogP contribution is -2.40. The Kier molecular flexibility index (Phi) is 7.87. The molecule has 0 aliphatic carbocycles. The summed E-state index contributed by atoms with van der Waals surface area (Å²) in [6.45, 7) is 4.83. The van der Waals surface area contributed by atoms with Crippen LogP contribution in [-0.2, 0) is 14.3 Å². The number of allylic oxidation sites excluding steroid dienone is 1. The van der Waals surface area contributed by atoms with Crippen molar-refractivity contribution < 1.29 is 23.8 Å². The van der Waals surface area contributed by atoms with Crippen LogP contribution in [-0.4, -0.2) is 30.2 Å². The SMILES string of the molecule is CCOC(=O)C1=C(C)N=c2s/c(=C/c3ccc(Cl)c(Cl)c3)c(=O)n2[C@H]1c1ccc(OC(C)=O)c(OC)c1. The summed E-state index contributed by atoms with van der Waals surface area (Å²) in [4.78, 5) is 43.2. The number of benzene rings is 2. The van der Waals surface area contributed by atoms with Crippen LogP contribution in [0.3, 0.4) is 0 Å². The Balaban J connectivity index is 1.95. The molecule has 4 rings (SSSR count). The maximum absolute atomic E-state index is 13.7. The normalized spacial score (nSPS) is 15.2. The van der Waals surface area contributed by atoms with E-state index in [0.29, 0.717) is 36.2 Å². The van der Waals surface area contributed by atoms with Gasteiger partial charge in [0.05, 0.1) is 45.6 Å². The zero-order chi connectivity index (χ0) is 26.9. The summed E-state index contributed by atoms with van der Waals surface area (Å²) in [5.74, 6) is -0.618. The molecule has 0 N–H and O–H groups in total.